The second-order valence-corrected chi connectivity index (χ2v) is 5.35. The first-order chi connectivity index (χ1) is 8.74. The maximum atomic E-state index is 4.66. The van der Waals surface area contributed by atoms with Crippen molar-refractivity contribution < 1.29 is 0 Å². The second-order valence-electron chi connectivity index (χ2n) is 4.23. The van der Waals surface area contributed by atoms with Gasteiger partial charge in [-0.1, -0.05) is 6.92 Å². The summed E-state index contributed by atoms with van der Waals surface area (Å²) in [6.45, 7) is 7.25. The molecule has 0 unspecified atom stereocenters. The average molecular weight is 261 g/mol. The van der Waals surface area contributed by atoms with Crippen LogP contribution in [0.25, 0.3) is 11.3 Å². The van der Waals surface area contributed by atoms with Crippen LogP contribution in [0.15, 0.2) is 17.5 Å². The molecule has 0 saturated carbocycles. The van der Waals surface area contributed by atoms with E-state index in [1.54, 1.807) is 11.3 Å². The third kappa shape index (κ3) is 2.88. The largest absolute Gasteiger partial charge is 0.370 e. The fourth-order valence-electron chi connectivity index (χ4n) is 1.89. The summed E-state index contributed by atoms with van der Waals surface area (Å²) >= 11 is 1.76. The van der Waals surface area contributed by atoms with E-state index in [1.807, 2.05) is 6.07 Å². The fourth-order valence-corrected chi connectivity index (χ4v) is 2.60. The molecule has 4 heteroatoms. The lowest BCUT2D eigenvalue weighted by molar-refractivity contribution is 0.836. The van der Waals surface area contributed by atoms with Crippen LogP contribution in [0.5, 0.6) is 0 Å². The lowest BCUT2D eigenvalue weighted by Gasteiger charge is -2.08. The Hall–Kier alpha value is -1.42. The molecule has 0 atom stereocenters. The van der Waals surface area contributed by atoms with E-state index in [2.05, 4.69) is 47.5 Å². The smallest absolute Gasteiger partial charge is 0.131 e. The Morgan fingerprint density at radius 1 is 1.28 bits per heavy atom. The molecule has 2 rings (SSSR count). The summed E-state index contributed by atoms with van der Waals surface area (Å²) in [5.74, 6) is 1.85. The van der Waals surface area contributed by atoms with Gasteiger partial charge in [0.1, 0.15) is 11.6 Å². The predicted octanol–water partition coefficient (Wildman–Crippen LogP) is 3.90. The van der Waals surface area contributed by atoms with Crippen molar-refractivity contribution >= 4 is 17.2 Å². The Kier molecular flexibility index (Phi) is 4.31. The second kappa shape index (κ2) is 5.96. The number of anilines is 1. The minimum absolute atomic E-state index is 0.880. The van der Waals surface area contributed by atoms with Gasteiger partial charge in [0.25, 0.3) is 0 Å². The van der Waals surface area contributed by atoms with Crippen LogP contribution < -0.4 is 5.32 Å². The third-order valence-corrected chi connectivity index (χ3v) is 3.58. The topological polar surface area (TPSA) is 37.8 Å². The van der Waals surface area contributed by atoms with Gasteiger partial charge in [-0.15, -0.1) is 11.3 Å². The standard InChI is InChI=1S/C14H19N3S/c1-4-6-13-16-12(9-14(17-13)15-5-2)11-7-8-18-10(11)3/h7-9H,4-6H2,1-3H3,(H,15,16,17). The number of aryl methyl sites for hydroxylation is 2. The van der Waals surface area contributed by atoms with E-state index in [4.69, 9.17) is 0 Å². The van der Waals surface area contributed by atoms with Crippen LogP contribution in [-0.4, -0.2) is 16.5 Å². The van der Waals surface area contributed by atoms with Crippen molar-refractivity contribution in [2.24, 2.45) is 0 Å². The number of nitrogens with one attached hydrogen (secondary N) is 1. The lowest BCUT2D eigenvalue weighted by atomic mass is 10.2. The van der Waals surface area contributed by atoms with Crippen molar-refractivity contribution in [2.45, 2.75) is 33.6 Å². The van der Waals surface area contributed by atoms with E-state index in [0.717, 1.165) is 36.7 Å². The molecule has 2 aromatic rings. The van der Waals surface area contributed by atoms with Gasteiger partial charge in [0, 0.05) is 29.5 Å². The summed E-state index contributed by atoms with van der Waals surface area (Å²) < 4.78 is 0. The van der Waals surface area contributed by atoms with E-state index in [0.29, 0.717) is 0 Å². The Balaban J connectivity index is 2.42. The van der Waals surface area contributed by atoms with Crippen molar-refractivity contribution in [1.29, 1.82) is 0 Å². The summed E-state index contributed by atoms with van der Waals surface area (Å²) in [6.07, 6.45) is 1.99. The highest BCUT2D eigenvalue weighted by molar-refractivity contribution is 7.10. The molecule has 0 aliphatic heterocycles. The first-order valence-corrected chi connectivity index (χ1v) is 7.28. The predicted molar refractivity (Wildman–Crippen MR) is 78.2 cm³/mol. The molecule has 3 nitrogen and oxygen atoms in total. The fraction of sp³-hybridized carbons (Fsp3) is 0.429. The highest BCUT2D eigenvalue weighted by atomic mass is 32.1. The minimum Gasteiger partial charge on any atom is -0.370 e. The summed E-state index contributed by atoms with van der Waals surface area (Å²) in [7, 11) is 0. The molecule has 18 heavy (non-hydrogen) atoms. The van der Waals surface area contributed by atoms with Crippen molar-refractivity contribution in [2.75, 3.05) is 11.9 Å². The molecule has 0 spiro atoms. The molecular formula is C14H19N3S. The molecule has 2 aromatic heterocycles. The van der Waals surface area contributed by atoms with Crippen LogP contribution in [0, 0.1) is 6.92 Å². The molecule has 2 heterocycles. The van der Waals surface area contributed by atoms with Gasteiger partial charge in [-0.2, -0.15) is 0 Å². The van der Waals surface area contributed by atoms with E-state index < -0.39 is 0 Å². The zero-order valence-electron chi connectivity index (χ0n) is 11.2. The van der Waals surface area contributed by atoms with E-state index in [1.165, 1.54) is 10.4 Å². The van der Waals surface area contributed by atoms with E-state index in [-0.39, 0.29) is 0 Å². The average Bonchev–Trinajstić information content (AvgIpc) is 2.76. The number of hydrogen-bond donors (Lipinski definition) is 1. The molecule has 0 bridgehead atoms. The van der Waals surface area contributed by atoms with Crippen LogP contribution in [0.4, 0.5) is 5.82 Å². The maximum absolute atomic E-state index is 4.66. The zero-order chi connectivity index (χ0) is 13.0. The van der Waals surface area contributed by atoms with Crippen LogP contribution in [0.1, 0.15) is 31.0 Å². The van der Waals surface area contributed by atoms with Gasteiger partial charge in [-0.3, -0.25) is 0 Å². The number of nitrogens with zero attached hydrogens (tertiary/aromatic N) is 2. The van der Waals surface area contributed by atoms with E-state index >= 15 is 0 Å². The number of thiophene rings is 1. The van der Waals surface area contributed by atoms with Crippen LogP contribution >= 0.6 is 11.3 Å². The summed E-state index contributed by atoms with van der Waals surface area (Å²) in [6, 6.07) is 4.17. The van der Waals surface area contributed by atoms with Crippen molar-refractivity contribution in [3.8, 4) is 11.3 Å². The first-order valence-electron chi connectivity index (χ1n) is 6.40. The third-order valence-electron chi connectivity index (χ3n) is 2.74. The summed E-state index contributed by atoms with van der Waals surface area (Å²) in [5.41, 5.74) is 2.25. The highest BCUT2D eigenvalue weighted by Gasteiger charge is 2.09. The first kappa shape index (κ1) is 13.0. The zero-order valence-corrected chi connectivity index (χ0v) is 12.0. The number of aromatic nitrogens is 2. The van der Waals surface area contributed by atoms with Gasteiger partial charge in [-0.25, -0.2) is 9.97 Å². The SMILES string of the molecule is CCCc1nc(NCC)cc(-c2ccsc2C)n1. The van der Waals surface area contributed by atoms with Gasteiger partial charge in [0.05, 0.1) is 5.69 Å². The Morgan fingerprint density at radius 3 is 2.72 bits per heavy atom. The Labute approximate surface area is 112 Å². The van der Waals surface area contributed by atoms with Crippen LogP contribution in [0.2, 0.25) is 0 Å². The van der Waals surface area contributed by atoms with Crippen molar-refractivity contribution in [3.63, 3.8) is 0 Å². The van der Waals surface area contributed by atoms with Crippen LogP contribution in [-0.2, 0) is 6.42 Å². The van der Waals surface area contributed by atoms with Gasteiger partial charge < -0.3 is 5.32 Å². The Morgan fingerprint density at radius 2 is 2.11 bits per heavy atom. The highest BCUT2D eigenvalue weighted by Crippen LogP contribution is 2.27. The minimum atomic E-state index is 0.880. The van der Waals surface area contributed by atoms with Crippen molar-refractivity contribution in [3.05, 3.63) is 28.2 Å². The van der Waals surface area contributed by atoms with Gasteiger partial charge >= 0.3 is 0 Å². The van der Waals surface area contributed by atoms with Gasteiger partial charge in [-0.05, 0) is 31.7 Å². The quantitative estimate of drug-likeness (QED) is 0.887. The molecule has 0 aliphatic rings. The molecule has 0 amide bonds. The summed E-state index contributed by atoms with van der Waals surface area (Å²) in [4.78, 5) is 10.5. The summed E-state index contributed by atoms with van der Waals surface area (Å²) in [5, 5.41) is 5.39. The molecule has 0 aliphatic carbocycles. The molecule has 0 radical (unpaired) electrons. The monoisotopic (exact) mass is 261 g/mol. The lowest BCUT2D eigenvalue weighted by Crippen LogP contribution is -2.04. The molecular weight excluding hydrogens is 242 g/mol. The van der Waals surface area contributed by atoms with E-state index in [9.17, 15) is 0 Å². The number of rotatable bonds is 5. The number of hydrogen-bond acceptors (Lipinski definition) is 4. The molecule has 96 valence electrons. The molecule has 0 fully saturated rings. The molecule has 0 aromatic carbocycles. The normalized spacial score (nSPS) is 10.6. The molecule has 0 saturated heterocycles. The van der Waals surface area contributed by atoms with Crippen molar-refractivity contribution in [1.82, 2.24) is 9.97 Å². The van der Waals surface area contributed by atoms with Gasteiger partial charge in [0.2, 0.25) is 0 Å². The maximum Gasteiger partial charge on any atom is 0.131 e. The van der Waals surface area contributed by atoms with Crippen LogP contribution in [0.3, 0.4) is 0 Å². The molecule has 1 N–H and O–H groups in total. The van der Waals surface area contributed by atoms with Gasteiger partial charge in [0.15, 0.2) is 0 Å². The Bertz CT molecular complexity index is 495.